The molecule has 0 radical (unpaired) electrons. The highest BCUT2D eigenvalue weighted by atomic mass is 32.2. The first-order valence-corrected chi connectivity index (χ1v) is 14.5. The van der Waals surface area contributed by atoms with Crippen LogP contribution in [0.15, 0.2) is 48.5 Å². The van der Waals surface area contributed by atoms with Gasteiger partial charge >= 0.3 is 0 Å². The molecule has 0 saturated heterocycles. The van der Waals surface area contributed by atoms with Crippen molar-refractivity contribution < 1.29 is 18.0 Å². The topological polar surface area (TPSA) is 86.8 Å². The molecule has 0 aliphatic rings. The van der Waals surface area contributed by atoms with Crippen LogP contribution in [0.2, 0.25) is 0 Å². The van der Waals surface area contributed by atoms with Crippen molar-refractivity contribution in [2.45, 2.75) is 72.4 Å². The van der Waals surface area contributed by atoms with Crippen molar-refractivity contribution in [2.75, 3.05) is 23.7 Å². The summed E-state index contributed by atoms with van der Waals surface area (Å²) in [6, 6.07) is 14.3. The Labute approximate surface area is 216 Å². The summed E-state index contributed by atoms with van der Waals surface area (Å²) in [7, 11) is -3.77. The van der Waals surface area contributed by atoms with Crippen LogP contribution >= 0.6 is 0 Å². The van der Waals surface area contributed by atoms with Gasteiger partial charge in [0, 0.05) is 13.1 Å². The van der Waals surface area contributed by atoms with E-state index in [1.807, 2.05) is 71.0 Å². The number of nitrogens with zero attached hydrogens (tertiary/aromatic N) is 2. The molecule has 36 heavy (non-hydrogen) atoms. The maximum atomic E-state index is 13.8. The monoisotopic (exact) mass is 515 g/mol. The summed E-state index contributed by atoms with van der Waals surface area (Å²) in [5.41, 5.74) is 3.29. The summed E-state index contributed by atoms with van der Waals surface area (Å²) in [5.74, 6) is -0.575. The highest BCUT2D eigenvalue weighted by Gasteiger charge is 2.32. The molecular formula is C28H41N3O4S. The van der Waals surface area contributed by atoms with E-state index in [0.29, 0.717) is 18.7 Å². The lowest BCUT2D eigenvalue weighted by Gasteiger charge is -2.33. The van der Waals surface area contributed by atoms with Gasteiger partial charge < -0.3 is 10.2 Å². The lowest BCUT2D eigenvalue weighted by molar-refractivity contribution is -0.140. The van der Waals surface area contributed by atoms with E-state index in [1.165, 1.54) is 4.90 Å². The number of carbonyl (C=O) groups is 2. The Kier molecular flexibility index (Phi) is 11.0. The predicted molar refractivity (Wildman–Crippen MR) is 146 cm³/mol. The van der Waals surface area contributed by atoms with Crippen molar-refractivity contribution in [3.05, 3.63) is 65.2 Å². The Morgan fingerprint density at radius 2 is 1.64 bits per heavy atom. The summed E-state index contributed by atoms with van der Waals surface area (Å²) in [4.78, 5) is 28.4. The van der Waals surface area contributed by atoms with Crippen molar-refractivity contribution in [1.82, 2.24) is 10.2 Å². The van der Waals surface area contributed by atoms with Gasteiger partial charge in [0.1, 0.15) is 12.6 Å². The molecular weight excluding hydrogens is 474 g/mol. The molecule has 2 amide bonds. The fraction of sp³-hybridized carbons (Fsp3) is 0.500. The fourth-order valence-corrected chi connectivity index (χ4v) is 4.98. The van der Waals surface area contributed by atoms with Gasteiger partial charge in [-0.1, -0.05) is 82.1 Å². The average molecular weight is 516 g/mol. The molecule has 0 bridgehead atoms. The molecule has 8 heteroatoms. The Hall–Kier alpha value is -2.87. The molecule has 198 valence electrons. The van der Waals surface area contributed by atoms with E-state index in [1.54, 1.807) is 12.1 Å². The number of aryl methyl sites for hydroxylation is 1. The summed E-state index contributed by atoms with van der Waals surface area (Å²) in [6.45, 7) is 10.2. The van der Waals surface area contributed by atoms with Crippen LogP contribution in [-0.2, 0) is 26.2 Å². The second-order valence-electron chi connectivity index (χ2n) is 9.56. The number of rotatable bonds is 13. The zero-order valence-electron chi connectivity index (χ0n) is 22.5. The Morgan fingerprint density at radius 3 is 2.19 bits per heavy atom. The van der Waals surface area contributed by atoms with Crippen molar-refractivity contribution in [1.29, 1.82) is 0 Å². The van der Waals surface area contributed by atoms with Gasteiger partial charge in [-0.2, -0.15) is 0 Å². The van der Waals surface area contributed by atoms with Crippen LogP contribution in [-0.4, -0.2) is 50.5 Å². The van der Waals surface area contributed by atoms with Gasteiger partial charge in [-0.05, 0) is 42.9 Å². The van der Waals surface area contributed by atoms with Crippen LogP contribution in [0, 0.1) is 6.92 Å². The van der Waals surface area contributed by atoms with Gasteiger partial charge in [-0.3, -0.25) is 13.9 Å². The standard InChI is InChI=1S/C28H41N3O4S/c1-7-9-18-29-28(33)25(8-2)30(19-23-16-14-22(5)15-17-23)27(32)20-31(36(6,34)35)26-13-11-10-12-24(26)21(3)4/h10-17,21,25H,7-9,18-20H2,1-6H3,(H,29,33)/t25-/m1/s1. The molecule has 2 rings (SSSR count). The average Bonchev–Trinajstić information content (AvgIpc) is 2.83. The van der Waals surface area contributed by atoms with Crippen molar-refractivity contribution in [2.24, 2.45) is 0 Å². The van der Waals surface area contributed by atoms with E-state index in [0.717, 1.165) is 40.1 Å². The van der Waals surface area contributed by atoms with Crippen molar-refractivity contribution >= 4 is 27.5 Å². The normalized spacial score (nSPS) is 12.3. The quantitative estimate of drug-likeness (QED) is 0.395. The zero-order valence-corrected chi connectivity index (χ0v) is 23.3. The van der Waals surface area contributed by atoms with E-state index in [-0.39, 0.29) is 24.9 Å². The van der Waals surface area contributed by atoms with Gasteiger partial charge in [0.25, 0.3) is 0 Å². The molecule has 0 aliphatic heterocycles. The molecule has 0 aromatic heterocycles. The Bertz CT molecular complexity index is 1110. The third-order valence-corrected chi connectivity index (χ3v) is 7.32. The van der Waals surface area contributed by atoms with Crippen LogP contribution in [0.1, 0.15) is 69.6 Å². The number of hydrogen-bond acceptors (Lipinski definition) is 4. The summed E-state index contributed by atoms with van der Waals surface area (Å²) >= 11 is 0. The number of nitrogens with one attached hydrogen (secondary N) is 1. The van der Waals surface area contributed by atoms with E-state index in [4.69, 9.17) is 0 Å². The van der Waals surface area contributed by atoms with E-state index >= 15 is 0 Å². The van der Waals surface area contributed by atoms with Gasteiger partial charge in [0.15, 0.2) is 0 Å². The summed E-state index contributed by atoms with van der Waals surface area (Å²) in [5, 5.41) is 2.94. The molecule has 0 fully saturated rings. The molecule has 2 aromatic rings. The number of amides is 2. The minimum absolute atomic E-state index is 0.0666. The largest absolute Gasteiger partial charge is 0.354 e. The maximum absolute atomic E-state index is 13.8. The number of sulfonamides is 1. The van der Waals surface area contributed by atoms with Crippen LogP contribution < -0.4 is 9.62 Å². The predicted octanol–water partition coefficient (Wildman–Crippen LogP) is 4.61. The van der Waals surface area contributed by atoms with Gasteiger partial charge in [-0.25, -0.2) is 8.42 Å². The number of hydrogen-bond donors (Lipinski definition) is 1. The van der Waals surface area contributed by atoms with E-state index < -0.39 is 22.0 Å². The first-order chi connectivity index (χ1) is 17.0. The third kappa shape index (κ3) is 8.08. The van der Waals surface area contributed by atoms with Crippen LogP contribution in [0.25, 0.3) is 0 Å². The van der Waals surface area contributed by atoms with Gasteiger partial charge in [0.05, 0.1) is 11.9 Å². The first kappa shape index (κ1) is 29.4. The first-order valence-electron chi connectivity index (χ1n) is 12.7. The zero-order chi connectivity index (χ0) is 26.9. The lowest BCUT2D eigenvalue weighted by atomic mass is 10.0. The summed E-state index contributed by atoms with van der Waals surface area (Å²) < 4.78 is 26.9. The minimum atomic E-state index is -3.77. The van der Waals surface area contributed by atoms with Crippen LogP contribution in [0.4, 0.5) is 5.69 Å². The van der Waals surface area contributed by atoms with Gasteiger partial charge in [-0.15, -0.1) is 0 Å². The number of para-hydroxylation sites is 1. The smallest absolute Gasteiger partial charge is 0.244 e. The number of carbonyl (C=O) groups excluding carboxylic acids is 2. The van der Waals surface area contributed by atoms with Crippen molar-refractivity contribution in [3.8, 4) is 0 Å². The molecule has 1 atom stereocenters. The molecule has 0 heterocycles. The minimum Gasteiger partial charge on any atom is -0.354 e. The molecule has 1 N–H and O–H groups in total. The SMILES string of the molecule is CCCCNC(=O)[C@@H](CC)N(Cc1ccc(C)cc1)C(=O)CN(c1ccccc1C(C)C)S(C)(=O)=O. The Morgan fingerprint density at radius 1 is 1.00 bits per heavy atom. The maximum Gasteiger partial charge on any atom is 0.244 e. The lowest BCUT2D eigenvalue weighted by Crippen LogP contribution is -2.52. The highest BCUT2D eigenvalue weighted by Crippen LogP contribution is 2.29. The second-order valence-corrected chi connectivity index (χ2v) is 11.5. The van der Waals surface area contributed by atoms with E-state index in [2.05, 4.69) is 5.32 Å². The number of unbranched alkanes of at least 4 members (excludes halogenated alkanes) is 1. The molecule has 0 unspecified atom stereocenters. The van der Waals surface area contributed by atoms with Crippen LogP contribution in [0.5, 0.6) is 0 Å². The molecule has 2 aromatic carbocycles. The molecule has 7 nitrogen and oxygen atoms in total. The third-order valence-electron chi connectivity index (χ3n) is 6.20. The second kappa shape index (κ2) is 13.4. The van der Waals surface area contributed by atoms with E-state index in [9.17, 15) is 18.0 Å². The number of anilines is 1. The Balaban J connectivity index is 2.46. The molecule has 0 saturated carbocycles. The highest BCUT2D eigenvalue weighted by molar-refractivity contribution is 7.92. The van der Waals surface area contributed by atoms with Gasteiger partial charge in [0.2, 0.25) is 21.8 Å². The molecule has 0 aliphatic carbocycles. The number of benzene rings is 2. The molecule has 0 spiro atoms. The van der Waals surface area contributed by atoms with Crippen LogP contribution in [0.3, 0.4) is 0 Å². The summed E-state index contributed by atoms with van der Waals surface area (Å²) in [6.07, 6.45) is 3.32. The van der Waals surface area contributed by atoms with Crippen molar-refractivity contribution in [3.63, 3.8) is 0 Å². The fourth-order valence-electron chi connectivity index (χ4n) is 4.11.